The molecule has 0 bridgehead atoms. The second-order valence-electron chi connectivity index (χ2n) is 5.30. The van der Waals surface area contributed by atoms with Crippen molar-refractivity contribution >= 4 is 11.9 Å². The second-order valence-corrected chi connectivity index (χ2v) is 5.30. The first-order valence-electron chi connectivity index (χ1n) is 7.35. The van der Waals surface area contributed by atoms with Gasteiger partial charge in [0.05, 0.1) is 18.6 Å². The average Bonchev–Trinajstić information content (AvgIpc) is 2.48. The predicted octanol–water partition coefficient (Wildman–Crippen LogP) is -2.81. The first-order valence-corrected chi connectivity index (χ1v) is 7.35. The molecule has 1 amide bonds. The number of phenols is 1. The lowest BCUT2D eigenvalue weighted by Gasteiger charge is -2.20. The molecular weight excluding hydrogens is 286 g/mol. The molecule has 0 aliphatic heterocycles. The molecule has 0 aliphatic rings. The third kappa shape index (κ3) is 6.11. The average molecular weight is 310 g/mol. The van der Waals surface area contributed by atoms with Crippen molar-refractivity contribution < 1.29 is 31.3 Å². The second kappa shape index (κ2) is 9.01. The lowest BCUT2D eigenvalue weighted by atomic mass is 10.0. The van der Waals surface area contributed by atoms with Crippen LogP contribution < -0.4 is 21.9 Å². The Morgan fingerprint density at radius 1 is 1.23 bits per heavy atom. The minimum absolute atomic E-state index is 0.149. The minimum Gasteiger partial charge on any atom is -0.548 e. The van der Waals surface area contributed by atoms with Crippen molar-refractivity contribution in [3.05, 3.63) is 29.8 Å². The summed E-state index contributed by atoms with van der Waals surface area (Å²) >= 11 is 0. The highest BCUT2D eigenvalue weighted by atomic mass is 16.4. The van der Waals surface area contributed by atoms with E-state index >= 15 is 0 Å². The van der Waals surface area contributed by atoms with Gasteiger partial charge in [-0.2, -0.15) is 0 Å². The Balaban J connectivity index is 2.53. The summed E-state index contributed by atoms with van der Waals surface area (Å²) in [4.78, 5) is 23.1. The van der Waals surface area contributed by atoms with Gasteiger partial charge in [0.1, 0.15) is 5.75 Å². The molecule has 0 aliphatic carbocycles. The van der Waals surface area contributed by atoms with E-state index in [1.165, 1.54) is 12.1 Å². The summed E-state index contributed by atoms with van der Waals surface area (Å²) in [6.45, 7) is 0.729. The topological polar surface area (TPSA) is 145 Å². The lowest BCUT2D eigenvalue weighted by molar-refractivity contribution is -0.403. The van der Waals surface area contributed by atoms with Gasteiger partial charge in [0, 0.05) is 6.42 Å². The maximum absolute atomic E-state index is 12.0. The van der Waals surface area contributed by atoms with Gasteiger partial charge in [-0.15, -0.1) is 0 Å². The van der Waals surface area contributed by atoms with Crippen molar-refractivity contribution in [3.8, 4) is 5.75 Å². The largest absolute Gasteiger partial charge is 0.548 e. The summed E-state index contributed by atoms with van der Waals surface area (Å²) in [5, 5.41) is 22.7. The summed E-state index contributed by atoms with van der Waals surface area (Å²) in [7, 11) is 0. The normalized spacial score (nSPS) is 13.4. The van der Waals surface area contributed by atoms with Crippen LogP contribution in [0.25, 0.3) is 0 Å². The zero-order valence-electron chi connectivity index (χ0n) is 12.6. The van der Waals surface area contributed by atoms with E-state index in [9.17, 15) is 19.8 Å². The number of unbranched alkanes of at least 4 members (excludes halogenated alkanes) is 1. The Labute approximate surface area is 129 Å². The van der Waals surface area contributed by atoms with Crippen LogP contribution in [0.5, 0.6) is 5.75 Å². The highest BCUT2D eigenvalue weighted by Crippen LogP contribution is 2.10. The summed E-state index contributed by atoms with van der Waals surface area (Å²) in [6.07, 6.45) is 2.17. The monoisotopic (exact) mass is 310 g/mol. The fourth-order valence-electron chi connectivity index (χ4n) is 2.07. The Bertz CT molecular complexity index is 490. The number of rotatable bonds is 9. The maximum Gasteiger partial charge on any atom is 0.279 e. The molecule has 1 rings (SSSR count). The molecule has 8 N–H and O–H groups in total. The number of nitrogens with one attached hydrogen (secondary N) is 1. The van der Waals surface area contributed by atoms with Gasteiger partial charge in [-0.05, 0) is 37.0 Å². The number of carbonyl (C=O) groups is 2. The molecule has 7 nitrogen and oxygen atoms in total. The molecule has 22 heavy (non-hydrogen) atoms. The summed E-state index contributed by atoms with van der Waals surface area (Å²) in [5.74, 6) is -1.55. The molecule has 0 unspecified atom stereocenters. The Kier molecular flexibility index (Phi) is 7.34. The van der Waals surface area contributed by atoms with E-state index in [2.05, 4.69) is 16.8 Å². The number of hydrogen-bond acceptors (Lipinski definition) is 4. The number of amides is 1. The predicted molar refractivity (Wildman–Crippen MR) is 77.0 cm³/mol. The van der Waals surface area contributed by atoms with Gasteiger partial charge >= 0.3 is 0 Å². The van der Waals surface area contributed by atoms with Crippen LogP contribution in [0.2, 0.25) is 0 Å². The molecule has 0 heterocycles. The van der Waals surface area contributed by atoms with E-state index < -0.39 is 24.0 Å². The minimum atomic E-state index is -1.28. The fourth-order valence-corrected chi connectivity index (χ4v) is 2.07. The molecule has 0 aromatic heterocycles. The highest BCUT2D eigenvalue weighted by Gasteiger charge is 2.21. The van der Waals surface area contributed by atoms with Crippen LogP contribution in [-0.4, -0.2) is 35.6 Å². The maximum atomic E-state index is 12.0. The van der Waals surface area contributed by atoms with Crippen LogP contribution in [0.1, 0.15) is 24.8 Å². The van der Waals surface area contributed by atoms with Crippen LogP contribution in [0, 0.1) is 0 Å². The van der Waals surface area contributed by atoms with Gasteiger partial charge in [-0.1, -0.05) is 12.1 Å². The van der Waals surface area contributed by atoms with Gasteiger partial charge in [0.15, 0.2) is 6.04 Å². The molecular formula is C15H24N3O4+. The number of aliphatic carboxylic acids is 1. The van der Waals surface area contributed by atoms with E-state index in [0.717, 1.165) is 18.5 Å². The molecule has 7 heteroatoms. The first-order chi connectivity index (χ1) is 10.4. The van der Waals surface area contributed by atoms with Crippen molar-refractivity contribution in [1.29, 1.82) is 0 Å². The number of quaternary nitrogens is 2. The molecule has 2 atom stereocenters. The Hall–Kier alpha value is -2.12. The number of carboxylic acids is 1. The van der Waals surface area contributed by atoms with Crippen LogP contribution >= 0.6 is 0 Å². The van der Waals surface area contributed by atoms with Gasteiger partial charge in [-0.25, -0.2) is 0 Å². The van der Waals surface area contributed by atoms with Crippen LogP contribution in [0.15, 0.2) is 24.3 Å². The van der Waals surface area contributed by atoms with E-state index in [1.54, 1.807) is 12.1 Å². The number of carbonyl (C=O) groups excluding carboxylic acids is 2. The molecule has 122 valence electrons. The molecule has 0 saturated carbocycles. The van der Waals surface area contributed by atoms with E-state index in [0.29, 0.717) is 19.3 Å². The van der Waals surface area contributed by atoms with Crippen LogP contribution in [-0.2, 0) is 16.0 Å². The summed E-state index contributed by atoms with van der Waals surface area (Å²) in [5.41, 5.74) is 8.30. The van der Waals surface area contributed by atoms with Crippen molar-refractivity contribution in [2.75, 3.05) is 6.54 Å². The highest BCUT2D eigenvalue weighted by molar-refractivity contribution is 5.85. The molecule has 1 aromatic carbocycles. The molecule has 0 fully saturated rings. The molecule has 0 spiro atoms. The standard InChI is InChI=1S/C15H23N3O4/c16-8-2-1-3-13(15(21)22)18-14(20)12(17)9-10-4-6-11(19)7-5-10/h4-7,12-13,19H,1-3,8-9,16-17H2,(H,18,20)(H,21,22)/p+1/t12-,13-/m0/s1. The van der Waals surface area contributed by atoms with Crippen molar-refractivity contribution in [3.63, 3.8) is 0 Å². The quantitative estimate of drug-likeness (QED) is 0.365. The van der Waals surface area contributed by atoms with E-state index in [1.807, 2.05) is 0 Å². The summed E-state index contributed by atoms with van der Waals surface area (Å²) in [6, 6.07) is 4.85. The van der Waals surface area contributed by atoms with Gasteiger partial charge in [0.25, 0.3) is 5.91 Å². The number of hydrogen-bond donors (Lipinski definition) is 4. The number of carboxylic acid groups (broad SMARTS) is 1. The van der Waals surface area contributed by atoms with Crippen LogP contribution in [0.4, 0.5) is 0 Å². The third-order valence-corrected chi connectivity index (χ3v) is 3.38. The van der Waals surface area contributed by atoms with E-state index in [4.69, 9.17) is 0 Å². The van der Waals surface area contributed by atoms with Crippen LogP contribution in [0.3, 0.4) is 0 Å². The van der Waals surface area contributed by atoms with Crippen molar-refractivity contribution in [1.82, 2.24) is 5.32 Å². The SMILES string of the molecule is [NH3+]CCCC[C@H](NC(=O)[C@@H]([NH3+])Cc1ccc(O)cc1)C(=O)[O-]. The number of phenolic OH excluding ortho intramolecular Hbond substituents is 1. The Morgan fingerprint density at radius 3 is 2.41 bits per heavy atom. The fraction of sp³-hybridized carbons (Fsp3) is 0.467. The number of aromatic hydroxyl groups is 1. The third-order valence-electron chi connectivity index (χ3n) is 3.38. The van der Waals surface area contributed by atoms with Gasteiger partial charge < -0.3 is 31.8 Å². The van der Waals surface area contributed by atoms with Gasteiger partial charge in [-0.3, -0.25) is 4.79 Å². The molecule has 0 radical (unpaired) electrons. The lowest BCUT2D eigenvalue weighted by Crippen LogP contribution is -2.69. The van der Waals surface area contributed by atoms with Gasteiger partial charge in [0.2, 0.25) is 0 Å². The Morgan fingerprint density at radius 2 is 1.86 bits per heavy atom. The smallest absolute Gasteiger partial charge is 0.279 e. The first kappa shape index (κ1) is 17.9. The zero-order chi connectivity index (χ0) is 16.5. The van der Waals surface area contributed by atoms with Crippen molar-refractivity contribution in [2.24, 2.45) is 0 Å². The molecule has 1 aromatic rings. The van der Waals surface area contributed by atoms with Crippen molar-refractivity contribution in [2.45, 2.75) is 37.8 Å². The molecule has 0 saturated heterocycles. The zero-order valence-corrected chi connectivity index (χ0v) is 12.6. The van der Waals surface area contributed by atoms with E-state index in [-0.39, 0.29) is 5.75 Å². The summed E-state index contributed by atoms with van der Waals surface area (Å²) < 4.78 is 0. The number of benzene rings is 1.